The second kappa shape index (κ2) is 5.54. The summed E-state index contributed by atoms with van der Waals surface area (Å²) in [5.74, 6) is 0.365. The van der Waals surface area contributed by atoms with Crippen molar-refractivity contribution in [3.05, 3.63) is 22.7 Å². The molecule has 0 amide bonds. The largest absolute Gasteiger partial charge is 0.397 e. The summed E-state index contributed by atoms with van der Waals surface area (Å²) in [7, 11) is -3.51. The molecule has 1 aliphatic rings. The van der Waals surface area contributed by atoms with Gasteiger partial charge in [0.2, 0.25) is 10.0 Å². The highest BCUT2D eigenvalue weighted by atomic mass is 35.5. The summed E-state index contributed by atoms with van der Waals surface area (Å²) in [6.07, 6.45) is 1.96. The molecule has 1 aromatic rings. The minimum Gasteiger partial charge on any atom is -0.397 e. The molecule has 112 valence electrons. The first-order valence-electron chi connectivity index (χ1n) is 6.82. The number of nitrogens with zero attached hydrogens (tertiary/aromatic N) is 1. The molecular weight excluding hydrogens is 296 g/mol. The molecule has 2 unspecified atom stereocenters. The average Bonchev–Trinajstić information content (AvgIpc) is 2.38. The fourth-order valence-corrected chi connectivity index (χ4v) is 4.68. The molecule has 20 heavy (non-hydrogen) atoms. The monoisotopic (exact) mass is 316 g/mol. The standard InChI is InChI=1S/C14H21ClN2O2S/c1-9-5-4-6-17(11(9)3)20(18,19)12-7-10(2)14(15)13(16)8-12/h7-9,11H,4-6,16H2,1-3H3. The third kappa shape index (κ3) is 2.67. The molecule has 0 saturated carbocycles. The molecule has 0 spiro atoms. The van der Waals surface area contributed by atoms with Gasteiger partial charge in [-0.05, 0) is 50.3 Å². The van der Waals surface area contributed by atoms with Gasteiger partial charge in [-0.1, -0.05) is 18.5 Å². The summed E-state index contributed by atoms with van der Waals surface area (Å²) in [6, 6.07) is 3.06. The van der Waals surface area contributed by atoms with E-state index in [9.17, 15) is 8.42 Å². The van der Waals surface area contributed by atoms with E-state index in [0.29, 0.717) is 28.7 Å². The predicted molar refractivity (Wildman–Crippen MR) is 82.4 cm³/mol. The van der Waals surface area contributed by atoms with E-state index in [1.54, 1.807) is 17.3 Å². The van der Waals surface area contributed by atoms with Crippen molar-refractivity contribution in [2.45, 2.75) is 44.6 Å². The summed E-state index contributed by atoms with van der Waals surface area (Å²) >= 11 is 6.00. The number of nitrogen functional groups attached to an aromatic ring is 1. The number of piperidine rings is 1. The van der Waals surface area contributed by atoms with Crippen LogP contribution in [0.25, 0.3) is 0 Å². The van der Waals surface area contributed by atoms with Crippen molar-refractivity contribution in [3.63, 3.8) is 0 Å². The van der Waals surface area contributed by atoms with Crippen molar-refractivity contribution in [2.75, 3.05) is 12.3 Å². The van der Waals surface area contributed by atoms with E-state index >= 15 is 0 Å². The van der Waals surface area contributed by atoms with Crippen LogP contribution in [0.2, 0.25) is 5.02 Å². The Hall–Kier alpha value is -0.780. The quantitative estimate of drug-likeness (QED) is 0.853. The molecule has 0 radical (unpaired) electrons. The van der Waals surface area contributed by atoms with Gasteiger partial charge in [0.05, 0.1) is 15.6 Å². The molecule has 2 rings (SSSR count). The molecule has 0 aromatic heterocycles. The molecule has 1 saturated heterocycles. The maximum atomic E-state index is 12.8. The fraction of sp³-hybridized carbons (Fsp3) is 0.571. The molecule has 4 nitrogen and oxygen atoms in total. The van der Waals surface area contributed by atoms with Crippen LogP contribution < -0.4 is 5.73 Å². The van der Waals surface area contributed by atoms with Crippen molar-refractivity contribution in [3.8, 4) is 0 Å². The highest BCUT2D eigenvalue weighted by molar-refractivity contribution is 7.89. The maximum absolute atomic E-state index is 12.8. The number of rotatable bonds is 2. The number of benzene rings is 1. The number of hydrogen-bond acceptors (Lipinski definition) is 3. The predicted octanol–water partition coefficient (Wildman–Crippen LogP) is 3.04. The molecule has 0 bridgehead atoms. The Morgan fingerprint density at radius 2 is 2.00 bits per heavy atom. The Kier molecular flexibility index (Phi) is 4.33. The van der Waals surface area contributed by atoms with Gasteiger partial charge in [-0.3, -0.25) is 0 Å². The van der Waals surface area contributed by atoms with Crippen molar-refractivity contribution < 1.29 is 8.42 Å². The zero-order valence-corrected chi connectivity index (χ0v) is 13.6. The number of halogens is 1. The molecular formula is C14H21ClN2O2S. The maximum Gasteiger partial charge on any atom is 0.243 e. The first-order valence-corrected chi connectivity index (χ1v) is 8.64. The first kappa shape index (κ1) is 15.6. The van der Waals surface area contributed by atoms with Gasteiger partial charge in [0.25, 0.3) is 0 Å². The van der Waals surface area contributed by atoms with E-state index in [4.69, 9.17) is 17.3 Å². The van der Waals surface area contributed by atoms with Crippen LogP contribution in [-0.4, -0.2) is 25.3 Å². The second-order valence-corrected chi connectivity index (χ2v) is 7.89. The summed E-state index contributed by atoms with van der Waals surface area (Å²) in [5.41, 5.74) is 6.79. The number of hydrogen-bond donors (Lipinski definition) is 1. The van der Waals surface area contributed by atoms with Crippen molar-refractivity contribution in [1.82, 2.24) is 4.31 Å². The van der Waals surface area contributed by atoms with Crippen LogP contribution in [0.15, 0.2) is 17.0 Å². The lowest BCUT2D eigenvalue weighted by Crippen LogP contribution is -2.45. The Morgan fingerprint density at radius 3 is 2.60 bits per heavy atom. The molecule has 6 heteroatoms. The Bertz CT molecular complexity index is 593. The van der Waals surface area contributed by atoms with E-state index < -0.39 is 10.0 Å². The van der Waals surface area contributed by atoms with Gasteiger partial charge in [0, 0.05) is 12.6 Å². The van der Waals surface area contributed by atoms with Crippen LogP contribution in [0.4, 0.5) is 5.69 Å². The van der Waals surface area contributed by atoms with Crippen molar-refractivity contribution in [1.29, 1.82) is 0 Å². The smallest absolute Gasteiger partial charge is 0.243 e. The van der Waals surface area contributed by atoms with Crippen LogP contribution >= 0.6 is 11.6 Å². The topological polar surface area (TPSA) is 63.4 Å². The lowest BCUT2D eigenvalue weighted by Gasteiger charge is -2.36. The number of aryl methyl sites for hydroxylation is 1. The van der Waals surface area contributed by atoms with Crippen LogP contribution in [0.1, 0.15) is 32.3 Å². The zero-order valence-electron chi connectivity index (χ0n) is 12.1. The molecule has 2 atom stereocenters. The summed E-state index contributed by atoms with van der Waals surface area (Å²) in [5, 5.41) is 0.420. The summed E-state index contributed by atoms with van der Waals surface area (Å²) in [6.45, 7) is 6.39. The van der Waals surface area contributed by atoms with Crippen LogP contribution in [0, 0.1) is 12.8 Å². The number of nitrogens with two attached hydrogens (primary N) is 1. The van der Waals surface area contributed by atoms with Gasteiger partial charge < -0.3 is 5.73 Å². The Morgan fingerprint density at radius 1 is 1.35 bits per heavy atom. The van der Waals surface area contributed by atoms with Crippen LogP contribution in [0.3, 0.4) is 0 Å². The van der Waals surface area contributed by atoms with Crippen molar-refractivity contribution in [2.24, 2.45) is 5.92 Å². The van der Waals surface area contributed by atoms with Gasteiger partial charge in [-0.2, -0.15) is 4.31 Å². The molecule has 1 aliphatic heterocycles. The SMILES string of the molecule is Cc1cc(S(=O)(=O)N2CCCC(C)C2C)cc(N)c1Cl. The van der Waals surface area contributed by atoms with Crippen LogP contribution in [-0.2, 0) is 10.0 Å². The zero-order chi connectivity index (χ0) is 15.1. The Labute approximate surface area is 126 Å². The van der Waals surface area contributed by atoms with Crippen molar-refractivity contribution >= 4 is 27.3 Å². The fourth-order valence-electron chi connectivity index (χ4n) is 2.68. The molecule has 1 aromatic carbocycles. The minimum atomic E-state index is -3.51. The normalized spacial score (nSPS) is 24.8. The number of anilines is 1. The highest BCUT2D eigenvalue weighted by Gasteiger charge is 2.34. The third-order valence-electron chi connectivity index (χ3n) is 4.18. The Balaban J connectivity index is 2.45. The van der Waals surface area contributed by atoms with Gasteiger partial charge in [0.15, 0.2) is 0 Å². The van der Waals surface area contributed by atoms with E-state index in [0.717, 1.165) is 12.8 Å². The molecule has 0 aliphatic carbocycles. The first-order chi connectivity index (χ1) is 9.25. The minimum absolute atomic E-state index is 0.00552. The summed E-state index contributed by atoms with van der Waals surface area (Å²) in [4.78, 5) is 0.234. The average molecular weight is 317 g/mol. The molecule has 1 fully saturated rings. The molecule has 2 N–H and O–H groups in total. The summed E-state index contributed by atoms with van der Waals surface area (Å²) < 4.78 is 27.2. The highest BCUT2D eigenvalue weighted by Crippen LogP contribution is 2.32. The lowest BCUT2D eigenvalue weighted by molar-refractivity contribution is 0.202. The van der Waals surface area contributed by atoms with Crippen LogP contribution in [0.5, 0.6) is 0 Å². The van der Waals surface area contributed by atoms with Gasteiger partial charge in [0.1, 0.15) is 0 Å². The van der Waals surface area contributed by atoms with Gasteiger partial charge in [-0.15, -0.1) is 0 Å². The lowest BCUT2D eigenvalue weighted by atomic mass is 9.94. The molecule has 1 heterocycles. The second-order valence-electron chi connectivity index (χ2n) is 5.62. The van der Waals surface area contributed by atoms with E-state index in [1.165, 1.54) is 6.07 Å². The van der Waals surface area contributed by atoms with E-state index in [2.05, 4.69) is 6.92 Å². The third-order valence-corrected chi connectivity index (χ3v) is 6.66. The van der Waals surface area contributed by atoms with Gasteiger partial charge >= 0.3 is 0 Å². The van der Waals surface area contributed by atoms with E-state index in [1.807, 2.05) is 6.92 Å². The van der Waals surface area contributed by atoms with Gasteiger partial charge in [-0.25, -0.2) is 8.42 Å². The number of sulfonamides is 1. The van der Waals surface area contributed by atoms with E-state index in [-0.39, 0.29) is 10.9 Å².